The zero-order valence-corrected chi connectivity index (χ0v) is 5.64. The summed E-state index contributed by atoms with van der Waals surface area (Å²) >= 11 is 0. The van der Waals surface area contributed by atoms with E-state index in [0.29, 0.717) is 5.82 Å². The molecular formula is C6H7BN2O. The molecule has 0 aliphatic rings. The fourth-order valence-corrected chi connectivity index (χ4v) is 0.759. The number of pyridine rings is 1. The molecule has 0 bridgehead atoms. The highest BCUT2D eigenvalue weighted by atomic mass is 16.1. The maximum absolute atomic E-state index is 10.7. The van der Waals surface area contributed by atoms with Gasteiger partial charge in [0.2, 0.25) is 13.5 Å². The van der Waals surface area contributed by atoms with Gasteiger partial charge in [-0.25, -0.2) is 0 Å². The third kappa shape index (κ3) is 1.40. The Morgan fingerprint density at radius 3 is 2.80 bits per heavy atom. The Morgan fingerprint density at radius 2 is 2.30 bits per heavy atom. The van der Waals surface area contributed by atoms with E-state index in [4.69, 9.17) is 7.98 Å². The van der Waals surface area contributed by atoms with E-state index in [1.807, 2.05) is 6.92 Å². The van der Waals surface area contributed by atoms with Crippen molar-refractivity contribution in [3.63, 3.8) is 0 Å². The molecule has 4 heteroatoms. The average Bonchev–Trinajstić information content (AvgIpc) is 1.85. The minimum absolute atomic E-state index is 0.145. The van der Waals surface area contributed by atoms with Gasteiger partial charge in [-0.1, -0.05) is 0 Å². The van der Waals surface area contributed by atoms with Gasteiger partial charge in [-0.15, -0.1) is 0 Å². The summed E-state index contributed by atoms with van der Waals surface area (Å²) in [6.45, 7) is 1.83. The van der Waals surface area contributed by atoms with Crippen LogP contribution in [-0.4, -0.2) is 13.0 Å². The molecule has 0 saturated heterocycles. The second-order valence-electron chi connectivity index (χ2n) is 2.08. The molecule has 50 valence electrons. The van der Waals surface area contributed by atoms with Crippen LogP contribution >= 0.6 is 0 Å². The lowest BCUT2D eigenvalue weighted by Gasteiger charge is -1.98. The van der Waals surface area contributed by atoms with Crippen molar-refractivity contribution >= 4 is 13.8 Å². The molecule has 0 aliphatic heterocycles. The molecular weight excluding hydrogens is 127 g/mol. The maximum atomic E-state index is 10.7. The molecule has 3 nitrogen and oxygen atoms in total. The van der Waals surface area contributed by atoms with Gasteiger partial charge in [-0.05, 0) is 18.6 Å². The molecule has 1 heterocycles. The van der Waals surface area contributed by atoms with Gasteiger partial charge in [0.05, 0.1) is 5.82 Å². The van der Waals surface area contributed by atoms with Crippen molar-refractivity contribution < 1.29 is 0 Å². The molecule has 0 unspecified atom stereocenters. The van der Waals surface area contributed by atoms with Crippen molar-refractivity contribution in [1.82, 2.24) is 4.98 Å². The normalized spacial score (nSPS) is 9.30. The third-order valence-electron chi connectivity index (χ3n) is 1.14. The summed E-state index contributed by atoms with van der Waals surface area (Å²) in [5.74, 6) is 0.532. The monoisotopic (exact) mass is 134 g/mol. The number of nitrogens with one attached hydrogen (secondary N) is 2. The Kier molecular flexibility index (Phi) is 1.80. The number of aryl methyl sites for hydroxylation is 1. The Labute approximate surface area is 59.9 Å². The van der Waals surface area contributed by atoms with Crippen molar-refractivity contribution in [3.05, 3.63) is 28.0 Å². The van der Waals surface area contributed by atoms with E-state index in [1.165, 1.54) is 6.07 Å². The van der Waals surface area contributed by atoms with Gasteiger partial charge in [0, 0.05) is 6.07 Å². The molecule has 1 aromatic heterocycles. The lowest BCUT2D eigenvalue weighted by atomic mass is 10.3. The van der Waals surface area contributed by atoms with E-state index < -0.39 is 0 Å². The van der Waals surface area contributed by atoms with Crippen molar-refractivity contribution in [3.8, 4) is 0 Å². The van der Waals surface area contributed by atoms with Crippen LogP contribution in [0.3, 0.4) is 0 Å². The maximum Gasteiger partial charge on any atom is 0.249 e. The van der Waals surface area contributed by atoms with Crippen molar-refractivity contribution in [2.24, 2.45) is 0 Å². The van der Waals surface area contributed by atoms with Crippen LogP contribution in [0.25, 0.3) is 0 Å². The van der Waals surface area contributed by atoms with Crippen LogP contribution in [-0.2, 0) is 0 Å². The summed E-state index contributed by atoms with van der Waals surface area (Å²) < 4.78 is 0. The zero-order chi connectivity index (χ0) is 7.56. The number of anilines is 1. The highest BCUT2D eigenvalue weighted by molar-refractivity contribution is 6.15. The summed E-state index contributed by atoms with van der Waals surface area (Å²) in [4.78, 5) is 13.2. The summed E-state index contributed by atoms with van der Waals surface area (Å²) in [7, 11) is 5.07. The summed E-state index contributed by atoms with van der Waals surface area (Å²) in [6.07, 6.45) is 0. The van der Waals surface area contributed by atoms with Gasteiger partial charge in [0.1, 0.15) is 0 Å². The first-order valence-electron chi connectivity index (χ1n) is 2.90. The molecule has 2 radical (unpaired) electrons. The van der Waals surface area contributed by atoms with E-state index in [-0.39, 0.29) is 5.56 Å². The third-order valence-corrected chi connectivity index (χ3v) is 1.14. The van der Waals surface area contributed by atoms with Crippen molar-refractivity contribution in [2.75, 3.05) is 5.23 Å². The van der Waals surface area contributed by atoms with Crippen LogP contribution in [0, 0.1) is 6.92 Å². The number of hydrogen-bond donors (Lipinski definition) is 2. The fraction of sp³-hybridized carbons (Fsp3) is 0.167. The molecule has 0 aromatic carbocycles. The number of aromatic amines is 1. The quantitative estimate of drug-likeness (QED) is 0.538. The van der Waals surface area contributed by atoms with E-state index >= 15 is 0 Å². The highest BCUT2D eigenvalue weighted by Crippen LogP contribution is 1.99. The minimum atomic E-state index is -0.145. The topological polar surface area (TPSA) is 44.9 Å². The molecule has 1 rings (SSSR count). The molecule has 0 fully saturated rings. The molecule has 0 atom stereocenters. The predicted molar refractivity (Wildman–Crippen MR) is 41.2 cm³/mol. The van der Waals surface area contributed by atoms with Gasteiger partial charge in [-0.3, -0.25) is 4.79 Å². The van der Waals surface area contributed by atoms with Crippen LogP contribution in [0.1, 0.15) is 5.56 Å². The van der Waals surface area contributed by atoms with Crippen molar-refractivity contribution in [2.45, 2.75) is 6.92 Å². The van der Waals surface area contributed by atoms with Crippen LogP contribution in [0.15, 0.2) is 16.9 Å². The second kappa shape index (κ2) is 2.60. The molecule has 2 N–H and O–H groups in total. The average molecular weight is 134 g/mol. The Balaban J connectivity index is 3.19. The van der Waals surface area contributed by atoms with Crippen LogP contribution in [0.4, 0.5) is 5.82 Å². The van der Waals surface area contributed by atoms with E-state index in [9.17, 15) is 4.79 Å². The molecule has 0 aliphatic carbocycles. The van der Waals surface area contributed by atoms with Gasteiger partial charge in [0.15, 0.2) is 0 Å². The molecule has 0 saturated carbocycles. The first-order chi connectivity index (χ1) is 4.72. The summed E-state index contributed by atoms with van der Waals surface area (Å²) in [6, 6.07) is 3.25. The predicted octanol–water partition coefficient (Wildman–Crippen LogP) is 0.179. The van der Waals surface area contributed by atoms with E-state index in [2.05, 4.69) is 10.2 Å². The van der Waals surface area contributed by atoms with Crippen molar-refractivity contribution in [1.29, 1.82) is 0 Å². The molecule has 0 amide bonds. The molecule has 0 spiro atoms. The number of rotatable bonds is 1. The highest BCUT2D eigenvalue weighted by Gasteiger charge is 1.90. The first-order valence-corrected chi connectivity index (χ1v) is 2.90. The Morgan fingerprint density at radius 1 is 1.60 bits per heavy atom. The SMILES string of the molecule is [B]Nc1cc(C)cc(=O)[nH]1. The number of hydrogen-bond acceptors (Lipinski definition) is 2. The first kappa shape index (κ1) is 6.93. The molecule has 1 aromatic rings. The summed E-state index contributed by atoms with van der Waals surface area (Å²) in [5, 5.41) is 2.35. The Hall–Kier alpha value is -1.19. The zero-order valence-electron chi connectivity index (χ0n) is 5.64. The number of aromatic nitrogens is 1. The fourth-order valence-electron chi connectivity index (χ4n) is 0.759. The van der Waals surface area contributed by atoms with Gasteiger partial charge < -0.3 is 10.2 Å². The Bertz CT molecular complexity index is 281. The van der Waals surface area contributed by atoms with E-state index in [0.717, 1.165) is 5.56 Å². The van der Waals surface area contributed by atoms with Crippen LogP contribution in [0.2, 0.25) is 0 Å². The minimum Gasteiger partial charge on any atom is -0.424 e. The summed E-state index contributed by atoms with van der Waals surface area (Å²) in [5.41, 5.74) is 0.740. The standard InChI is InChI=1S/C6H7BN2O/c1-4-2-5(9-7)8-6(10)3-4/h2-3H,1H3,(H2,8,9,10). The van der Waals surface area contributed by atoms with E-state index in [1.54, 1.807) is 6.07 Å². The second-order valence-corrected chi connectivity index (χ2v) is 2.08. The largest absolute Gasteiger partial charge is 0.424 e. The molecule has 10 heavy (non-hydrogen) atoms. The van der Waals surface area contributed by atoms with Crippen LogP contribution in [0.5, 0.6) is 0 Å². The lowest BCUT2D eigenvalue weighted by molar-refractivity contribution is 1.22. The number of H-pyrrole nitrogens is 1. The lowest BCUT2D eigenvalue weighted by Crippen LogP contribution is -2.08. The van der Waals surface area contributed by atoms with Gasteiger partial charge in [0.25, 0.3) is 0 Å². The smallest absolute Gasteiger partial charge is 0.249 e. The van der Waals surface area contributed by atoms with Gasteiger partial charge in [-0.2, -0.15) is 0 Å². The van der Waals surface area contributed by atoms with Gasteiger partial charge >= 0.3 is 0 Å². The van der Waals surface area contributed by atoms with Crippen LogP contribution < -0.4 is 10.8 Å².